The molecule has 0 aromatic carbocycles. The lowest BCUT2D eigenvalue weighted by molar-refractivity contribution is 0.542. The quantitative estimate of drug-likeness (QED) is 0.777. The molecule has 1 heterocycles. The molecule has 0 saturated heterocycles. The van der Waals surface area contributed by atoms with E-state index >= 15 is 0 Å². The van der Waals surface area contributed by atoms with E-state index in [2.05, 4.69) is 36.5 Å². The summed E-state index contributed by atoms with van der Waals surface area (Å²) < 4.78 is 1.19. The molecule has 1 aromatic heterocycles. The first-order valence-corrected chi connectivity index (χ1v) is 7.21. The van der Waals surface area contributed by atoms with E-state index in [0.717, 1.165) is 12.2 Å². The normalized spacial score (nSPS) is 15.2. The second kappa shape index (κ2) is 6.51. The third-order valence-corrected chi connectivity index (χ3v) is 4.71. The summed E-state index contributed by atoms with van der Waals surface area (Å²) in [5.74, 6) is 0. The van der Waals surface area contributed by atoms with Gasteiger partial charge >= 0.3 is 0 Å². The zero-order valence-electron chi connectivity index (χ0n) is 9.91. The van der Waals surface area contributed by atoms with E-state index in [1.165, 1.54) is 10.8 Å². The average molecular weight is 244 g/mol. The summed E-state index contributed by atoms with van der Waals surface area (Å²) in [7, 11) is 0. The van der Waals surface area contributed by atoms with Crippen LogP contribution in [0.25, 0.3) is 0 Å². The summed E-state index contributed by atoms with van der Waals surface area (Å²) in [6.07, 6.45) is 1.19. The molecule has 1 rings (SSSR count). The fourth-order valence-electron chi connectivity index (χ4n) is 1.19. The zero-order chi connectivity index (χ0) is 11.3. The molecule has 15 heavy (non-hydrogen) atoms. The fraction of sp³-hybridized carbons (Fsp3) is 0.727. The molecule has 2 atom stereocenters. The second-order valence-corrected chi connectivity index (χ2v) is 6.30. The lowest BCUT2D eigenvalue weighted by Gasteiger charge is -2.19. The monoisotopic (exact) mass is 244 g/mol. The summed E-state index contributed by atoms with van der Waals surface area (Å²) >= 11 is 3.61. The van der Waals surface area contributed by atoms with Gasteiger partial charge in [0.15, 0.2) is 0 Å². The van der Waals surface area contributed by atoms with Crippen molar-refractivity contribution in [2.24, 2.45) is 0 Å². The Morgan fingerprint density at radius 3 is 2.80 bits per heavy atom. The molecular weight excluding hydrogens is 224 g/mol. The number of hydrogen-bond donors (Lipinski definition) is 1. The number of rotatable bonds is 6. The zero-order valence-corrected chi connectivity index (χ0v) is 11.5. The van der Waals surface area contributed by atoms with Crippen LogP contribution in [0.15, 0.2) is 9.72 Å². The maximum absolute atomic E-state index is 4.47. The smallest absolute Gasteiger partial charge is 0.150 e. The van der Waals surface area contributed by atoms with Gasteiger partial charge in [0.05, 0.1) is 0 Å². The maximum Gasteiger partial charge on any atom is 0.150 e. The molecule has 2 nitrogen and oxygen atoms in total. The number of nitrogens with zero attached hydrogens (tertiary/aromatic N) is 1. The largest absolute Gasteiger partial charge is 0.313 e. The number of nitrogens with one attached hydrogen (secondary N) is 1. The Morgan fingerprint density at radius 1 is 1.53 bits per heavy atom. The molecule has 86 valence electrons. The van der Waals surface area contributed by atoms with E-state index in [9.17, 15) is 0 Å². The molecule has 0 aliphatic carbocycles. The van der Waals surface area contributed by atoms with Crippen LogP contribution in [0, 0.1) is 6.92 Å². The molecule has 0 fully saturated rings. The first kappa shape index (κ1) is 13.0. The van der Waals surface area contributed by atoms with Crippen molar-refractivity contribution in [2.45, 2.75) is 49.7 Å². The van der Waals surface area contributed by atoms with E-state index < -0.39 is 0 Å². The molecule has 0 aliphatic rings. The van der Waals surface area contributed by atoms with E-state index in [1.54, 1.807) is 11.3 Å². The van der Waals surface area contributed by atoms with Crippen LogP contribution in [0.5, 0.6) is 0 Å². The van der Waals surface area contributed by atoms with Gasteiger partial charge in [-0.25, -0.2) is 4.98 Å². The van der Waals surface area contributed by atoms with Crippen LogP contribution in [-0.4, -0.2) is 22.8 Å². The fourth-order valence-corrected chi connectivity index (χ4v) is 3.34. The number of hydrogen-bond acceptors (Lipinski definition) is 4. The number of thiazole rings is 1. The minimum atomic E-state index is 0.541. The summed E-state index contributed by atoms with van der Waals surface area (Å²) in [5, 5.41) is 6.20. The Bertz CT molecular complexity index is 286. The van der Waals surface area contributed by atoms with Crippen LogP contribution in [0.3, 0.4) is 0 Å². The van der Waals surface area contributed by atoms with Gasteiger partial charge in [-0.1, -0.05) is 25.6 Å². The highest BCUT2D eigenvalue weighted by Gasteiger charge is 2.14. The maximum atomic E-state index is 4.47. The Kier molecular flexibility index (Phi) is 5.64. The standard InChI is InChI=1S/C11H20N2S2/c1-5-6-12-9(3)10(4)15-11-13-8(2)7-14-11/h7,9-10,12H,5-6H2,1-4H3. The molecule has 1 aromatic rings. The Labute approximate surface area is 101 Å². The molecule has 2 unspecified atom stereocenters. The third kappa shape index (κ3) is 4.53. The van der Waals surface area contributed by atoms with Gasteiger partial charge < -0.3 is 5.32 Å². The van der Waals surface area contributed by atoms with Gasteiger partial charge in [0.25, 0.3) is 0 Å². The second-order valence-electron chi connectivity index (χ2n) is 3.82. The predicted octanol–water partition coefficient (Wildman–Crippen LogP) is 3.32. The van der Waals surface area contributed by atoms with Crippen molar-refractivity contribution in [2.75, 3.05) is 6.54 Å². The molecule has 0 amide bonds. The van der Waals surface area contributed by atoms with Crippen molar-refractivity contribution in [3.05, 3.63) is 11.1 Å². The summed E-state index contributed by atoms with van der Waals surface area (Å²) in [5.41, 5.74) is 1.13. The van der Waals surface area contributed by atoms with Crippen LogP contribution in [0.1, 0.15) is 32.9 Å². The van der Waals surface area contributed by atoms with Crippen molar-refractivity contribution in [1.29, 1.82) is 0 Å². The van der Waals surface area contributed by atoms with Crippen molar-refractivity contribution in [3.63, 3.8) is 0 Å². The molecule has 1 N–H and O–H groups in total. The van der Waals surface area contributed by atoms with Crippen molar-refractivity contribution < 1.29 is 0 Å². The summed E-state index contributed by atoms with van der Waals surface area (Å²) in [6.45, 7) is 9.84. The van der Waals surface area contributed by atoms with Gasteiger partial charge in [-0.3, -0.25) is 0 Å². The number of aryl methyl sites for hydroxylation is 1. The number of aromatic nitrogens is 1. The third-order valence-electron chi connectivity index (χ3n) is 2.31. The topological polar surface area (TPSA) is 24.9 Å². The van der Waals surface area contributed by atoms with Crippen LogP contribution in [0.2, 0.25) is 0 Å². The lowest BCUT2D eigenvalue weighted by Crippen LogP contribution is -2.34. The van der Waals surface area contributed by atoms with Gasteiger partial charge in [-0.05, 0) is 26.8 Å². The van der Waals surface area contributed by atoms with Gasteiger partial charge in [0.2, 0.25) is 0 Å². The molecule has 0 aliphatic heterocycles. The minimum absolute atomic E-state index is 0.541. The molecule has 0 bridgehead atoms. The summed E-state index contributed by atoms with van der Waals surface area (Å²) in [4.78, 5) is 4.47. The SMILES string of the molecule is CCCNC(C)C(C)Sc1nc(C)cs1. The van der Waals surface area contributed by atoms with Gasteiger partial charge in [-0.2, -0.15) is 0 Å². The molecule has 0 saturated carbocycles. The first-order chi connectivity index (χ1) is 7.13. The first-order valence-electron chi connectivity index (χ1n) is 5.45. The van der Waals surface area contributed by atoms with Gasteiger partial charge in [-0.15, -0.1) is 11.3 Å². The lowest BCUT2D eigenvalue weighted by atomic mass is 10.2. The summed E-state index contributed by atoms with van der Waals surface area (Å²) in [6, 6.07) is 0.541. The van der Waals surface area contributed by atoms with Crippen molar-refractivity contribution in [1.82, 2.24) is 10.3 Å². The Hall–Kier alpha value is -0.0600. The predicted molar refractivity (Wildman–Crippen MR) is 69.9 cm³/mol. The van der Waals surface area contributed by atoms with Crippen LogP contribution < -0.4 is 5.32 Å². The Balaban J connectivity index is 2.37. The molecule has 0 spiro atoms. The van der Waals surface area contributed by atoms with Crippen LogP contribution in [-0.2, 0) is 0 Å². The van der Waals surface area contributed by atoms with Crippen molar-refractivity contribution in [3.8, 4) is 0 Å². The van der Waals surface area contributed by atoms with E-state index in [1.807, 2.05) is 18.7 Å². The Morgan fingerprint density at radius 2 is 2.27 bits per heavy atom. The average Bonchev–Trinajstić information content (AvgIpc) is 2.60. The number of thioether (sulfide) groups is 1. The highest BCUT2D eigenvalue weighted by atomic mass is 32.2. The highest BCUT2D eigenvalue weighted by Crippen LogP contribution is 2.27. The molecular formula is C11H20N2S2. The van der Waals surface area contributed by atoms with Gasteiger partial charge in [0, 0.05) is 22.4 Å². The molecule has 0 radical (unpaired) electrons. The van der Waals surface area contributed by atoms with Gasteiger partial charge in [0.1, 0.15) is 4.34 Å². The van der Waals surface area contributed by atoms with E-state index in [4.69, 9.17) is 0 Å². The van der Waals surface area contributed by atoms with Crippen molar-refractivity contribution >= 4 is 23.1 Å². The minimum Gasteiger partial charge on any atom is -0.313 e. The molecule has 4 heteroatoms. The van der Waals surface area contributed by atoms with E-state index in [-0.39, 0.29) is 0 Å². The highest BCUT2D eigenvalue weighted by molar-refractivity contribution is 8.01. The van der Waals surface area contributed by atoms with E-state index in [0.29, 0.717) is 11.3 Å². The van der Waals surface area contributed by atoms with Crippen LogP contribution >= 0.6 is 23.1 Å². The van der Waals surface area contributed by atoms with Crippen LogP contribution in [0.4, 0.5) is 0 Å².